The highest BCUT2D eigenvalue weighted by Gasteiger charge is 2.58. The summed E-state index contributed by atoms with van der Waals surface area (Å²) in [5.74, 6) is -1.32. The van der Waals surface area contributed by atoms with Gasteiger partial charge >= 0.3 is 6.03 Å². The van der Waals surface area contributed by atoms with Crippen LogP contribution in [-0.2, 0) is 4.79 Å². The summed E-state index contributed by atoms with van der Waals surface area (Å²) in [6.45, 7) is 6.35. The van der Waals surface area contributed by atoms with Gasteiger partial charge in [-0.25, -0.2) is 4.79 Å². The van der Waals surface area contributed by atoms with E-state index in [9.17, 15) is 14.4 Å². The van der Waals surface area contributed by atoms with E-state index in [4.69, 9.17) is 0 Å². The van der Waals surface area contributed by atoms with Crippen molar-refractivity contribution in [1.82, 2.24) is 20.4 Å². The maximum absolute atomic E-state index is 14.6. The van der Waals surface area contributed by atoms with Crippen LogP contribution in [0.15, 0.2) is 77.0 Å². The molecule has 0 bridgehead atoms. The van der Waals surface area contributed by atoms with Gasteiger partial charge in [-0.05, 0) is 49.2 Å². The first-order valence-corrected chi connectivity index (χ1v) is 15.9. The first kappa shape index (κ1) is 28.4. The number of amides is 3. The number of thioether (sulfide) groups is 1. The molecule has 2 aromatic carbocycles. The normalized spacial score (nSPS) is 22.9. The minimum atomic E-state index is -0.828. The number of carbonyl (C=O) groups excluding carboxylic acids is 3. The van der Waals surface area contributed by atoms with E-state index in [-0.39, 0.29) is 23.8 Å². The molecule has 2 fully saturated rings. The molecule has 0 aliphatic carbocycles. The fraction of sp³-hybridized carbons (Fsp3) is 0.387. The van der Waals surface area contributed by atoms with Crippen LogP contribution in [0.5, 0.6) is 0 Å². The zero-order chi connectivity index (χ0) is 28.2. The molecule has 40 heavy (non-hydrogen) atoms. The number of likely N-dealkylation sites (tertiary alicyclic amines) is 1. The van der Waals surface area contributed by atoms with Crippen LogP contribution in [0.3, 0.4) is 0 Å². The van der Waals surface area contributed by atoms with E-state index in [1.807, 2.05) is 97.1 Å². The van der Waals surface area contributed by atoms with Crippen molar-refractivity contribution < 1.29 is 14.4 Å². The molecule has 2 aliphatic rings. The Morgan fingerprint density at radius 3 is 2.27 bits per heavy atom. The van der Waals surface area contributed by atoms with Crippen molar-refractivity contribution in [3.8, 4) is 0 Å². The highest BCUT2D eigenvalue weighted by atomic mass is 32.2. The summed E-state index contributed by atoms with van der Waals surface area (Å²) in [5, 5.41) is 8.32. The highest BCUT2D eigenvalue weighted by Crippen LogP contribution is 2.52. The lowest BCUT2D eigenvalue weighted by atomic mass is 9.77. The van der Waals surface area contributed by atoms with Crippen LogP contribution in [0.1, 0.15) is 46.6 Å². The average molecular weight is 577 g/mol. The van der Waals surface area contributed by atoms with Crippen molar-refractivity contribution in [1.29, 1.82) is 0 Å². The smallest absolute Gasteiger partial charge is 0.318 e. The molecule has 4 unspecified atom stereocenters. The summed E-state index contributed by atoms with van der Waals surface area (Å²) in [5.41, 5.74) is 1.47. The molecule has 2 aliphatic heterocycles. The second kappa shape index (κ2) is 12.6. The first-order chi connectivity index (χ1) is 19.4. The molecule has 5 rings (SSSR count). The highest BCUT2D eigenvalue weighted by molar-refractivity contribution is 7.98. The van der Waals surface area contributed by atoms with Crippen LogP contribution in [0.2, 0.25) is 0 Å². The van der Waals surface area contributed by atoms with E-state index in [1.54, 1.807) is 16.7 Å². The van der Waals surface area contributed by atoms with Crippen molar-refractivity contribution in [2.24, 2.45) is 5.92 Å². The molecule has 7 nitrogen and oxygen atoms in total. The number of nitrogens with one attached hydrogen (secondary N) is 2. The van der Waals surface area contributed by atoms with Crippen molar-refractivity contribution in [3.63, 3.8) is 0 Å². The van der Waals surface area contributed by atoms with Gasteiger partial charge in [0.1, 0.15) is 6.04 Å². The standard InChI is InChI=1S/C31H36N4O3S2/c1-20(2)33-31(38)35-27(24-10-7-19-40-24)26(29(36)22-11-13-23(39-3)14-12-22)25(21-8-5-4-6-9-21)28(35)30(37)34-17-15-32-16-18-34/h4-14,19-20,25-28,32H,15-18H2,1-3H3,(H,33,38). The third-order valence-electron chi connectivity index (χ3n) is 7.69. The van der Waals surface area contributed by atoms with Crippen molar-refractivity contribution in [3.05, 3.63) is 88.1 Å². The molecule has 9 heteroatoms. The van der Waals surface area contributed by atoms with Crippen molar-refractivity contribution >= 4 is 40.8 Å². The van der Waals surface area contributed by atoms with E-state index < -0.39 is 23.9 Å². The molecular weight excluding hydrogens is 541 g/mol. The quantitative estimate of drug-likeness (QED) is 0.305. The second-order valence-corrected chi connectivity index (χ2v) is 12.4. The molecule has 0 saturated carbocycles. The van der Waals surface area contributed by atoms with Crippen molar-refractivity contribution in [2.45, 2.75) is 42.8 Å². The summed E-state index contributed by atoms with van der Waals surface area (Å²) < 4.78 is 0. The number of urea groups is 1. The Bertz CT molecular complexity index is 1310. The van der Waals surface area contributed by atoms with Crippen LogP contribution in [-0.4, -0.2) is 72.0 Å². The van der Waals surface area contributed by atoms with Crippen LogP contribution < -0.4 is 10.6 Å². The SMILES string of the molecule is CSc1ccc(C(=O)C2C(c3ccccc3)C(C(=O)N3CCNCC3)N(C(=O)NC(C)C)C2c2cccs2)cc1. The Morgan fingerprint density at radius 1 is 0.975 bits per heavy atom. The molecule has 3 heterocycles. The van der Waals surface area contributed by atoms with Crippen LogP contribution in [0, 0.1) is 5.92 Å². The molecule has 210 valence electrons. The lowest BCUT2D eigenvalue weighted by molar-refractivity contribution is -0.136. The summed E-state index contributed by atoms with van der Waals surface area (Å²) in [6, 6.07) is 19.5. The number of hydrogen-bond donors (Lipinski definition) is 2. The molecule has 3 aromatic rings. The molecule has 2 saturated heterocycles. The monoisotopic (exact) mass is 576 g/mol. The number of hydrogen-bond acceptors (Lipinski definition) is 6. The maximum atomic E-state index is 14.6. The Hall–Kier alpha value is -3.14. The predicted molar refractivity (Wildman–Crippen MR) is 161 cm³/mol. The van der Waals surface area contributed by atoms with Gasteiger partial charge < -0.3 is 20.4 Å². The maximum Gasteiger partial charge on any atom is 0.318 e. The largest absolute Gasteiger partial charge is 0.338 e. The van der Waals surface area contributed by atoms with E-state index in [0.717, 1.165) is 15.3 Å². The Morgan fingerprint density at radius 2 is 1.68 bits per heavy atom. The third-order valence-corrected chi connectivity index (χ3v) is 9.38. The topological polar surface area (TPSA) is 81.8 Å². The Balaban J connectivity index is 1.70. The number of rotatable bonds is 7. The second-order valence-electron chi connectivity index (χ2n) is 10.5. The minimum absolute atomic E-state index is 0.0575. The van der Waals surface area contributed by atoms with Gasteiger partial charge in [0, 0.05) is 53.5 Å². The number of thiophene rings is 1. The van der Waals surface area contributed by atoms with Gasteiger partial charge in [-0.3, -0.25) is 9.59 Å². The van der Waals surface area contributed by atoms with E-state index >= 15 is 0 Å². The Kier molecular flexibility index (Phi) is 8.93. The first-order valence-electron chi connectivity index (χ1n) is 13.8. The van der Waals surface area contributed by atoms with Crippen LogP contribution >= 0.6 is 23.1 Å². The van der Waals surface area contributed by atoms with E-state index in [1.165, 1.54) is 11.3 Å². The number of benzene rings is 2. The minimum Gasteiger partial charge on any atom is -0.338 e. The number of piperazine rings is 1. The number of carbonyl (C=O) groups is 3. The molecular formula is C31H36N4O3S2. The average Bonchev–Trinajstić information content (AvgIpc) is 3.63. The molecule has 1 aromatic heterocycles. The number of Topliss-reactive ketones (excluding diaryl/α,β-unsaturated/α-hetero) is 1. The number of ketones is 1. The van der Waals surface area contributed by atoms with Gasteiger partial charge in [-0.1, -0.05) is 48.5 Å². The van der Waals surface area contributed by atoms with E-state index in [0.29, 0.717) is 31.7 Å². The summed E-state index contributed by atoms with van der Waals surface area (Å²) >= 11 is 3.14. The lowest BCUT2D eigenvalue weighted by Gasteiger charge is -2.36. The lowest BCUT2D eigenvalue weighted by Crippen LogP contribution is -2.56. The third kappa shape index (κ3) is 5.68. The summed E-state index contributed by atoms with van der Waals surface area (Å²) in [7, 11) is 0. The van der Waals surface area contributed by atoms with Gasteiger partial charge in [0.25, 0.3) is 0 Å². The van der Waals surface area contributed by atoms with Gasteiger partial charge in [-0.15, -0.1) is 23.1 Å². The fourth-order valence-electron chi connectivity index (χ4n) is 5.92. The zero-order valence-corrected chi connectivity index (χ0v) is 24.7. The predicted octanol–water partition coefficient (Wildman–Crippen LogP) is 5.03. The van der Waals surface area contributed by atoms with Crippen LogP contribution in [0.25, 0.3) is 0 Å². The molecule has 4 atom stereocenters. The van der Waals surface area contributed by atoms with Gasteiger partial charge in [0.15, 0.2) is 5.78 Å². The number of nitrogens with zero attached hydrogens (tertiary/aromatic N) is 2. The zero-order valence-electron chi connectivity index (χ0n) is 23.1. The van der Waals surface area contributed by atoms with Crippen LogP contribution in [0.4, 0.5) is 4.79 Å². The molecule has 3 amide bonds. The van der Waals surface area contributed by atoms with Gasteiger partial charge in [-0.2, -0.15) is 0 Å². The molecule has 0 spiro atoms. The Labute approximate surface area is 244 Å². The fourth-order valence-corrected chi connectivity index (χ4v) is 7.20. The van der Waals surface area contributed by atoms with Crippen molar-refractivity contribution in [2.75, 3.05) is 32.4 Å². The molecule has 0 radical (unpaired) electrons. The summed E-state index contributed by atoms with van der Waals surface area (Å²) in [6.07, 6.45) is 2.00. The molecule has 2 N–H and O–H groups in total. The van der Waals surface area contributed by atoms with Gasteiger partial charge in [0.2, 0.25) is 5.91 Å². The van der Waals surface area contributed by atoms with Gasteiger partial charge in [0.05, 0.1) is 12.0 Å². The summed E-state index contributed by atoms with van der Waals surface area (Å²) in [4.78, 5) is 48.6. The van der Waals surface area contributed by atoms with E-state index in [2.05, 4.69) is 10.6 Å².